The molecule has 0 aliphatic rings. The summed E-state index contributed by atoms with van der Waals surface area (Å²) in [4.78, 5) is 0. The van der Waals surface area contributed by atoms with Crippen LogP contribution in [0.1, 0.15) is 0 Å². The third kappa shape index (κ3) is 4.52. The summed E-state index contributed by atoms with van der Waals surface area (Å²) in [6.07, 6.45) is 0. The van der Waals surface area contributed by atoms with Crippen molar-refractivity contribution in [2.45, 2.75) is 0 Å². The Morgan fingerprint density at radius 3 is 1.78 bits per heavy atom. The Morgan fingerprint density at radius 2 is 0.922 bits per heavy atom. The van der Waals surface area contributed by atoms with E-state index in [-0.39, 0.29) is 0 Å². The van der Waals surface area contributed by atoms with E-state index in [0.29, 0.717) is 0 Å². The highest BCUT2D eigenvalue weighted by atomic mass is 32.1. The Morgan fingerprint density at radius 1 is 0.314 bits per heavy atom. The quantitative estimate of drug-likeness (QED) is 0.174. The number of rotatable bonds is 4. The molecule has 0 radical (unpaired) electrons. The van der Waals surface area contributed by atoms with E-state index in [1.165, 1.54) is 101 Å². The van der Waals surface area contributed by atoms with Gasteiger partial charge in [0.15, 0.2) is 0 Å². The highest BCUT2D eigenvalue weighted by Crippen LogP contribution is 2.44. The van der Waals surface area contributed by atoms with Crippen molar-refractivity contribution in [3.05, 3.63) is 176 Å². The summed E-state index contributed by atoms with van der Waals surface area (Å²) >= 11 is 3.77. The summed E-state index contributed by atoms with van der Waals surface area (Å²) in [6, 6.07) is 64.9. The number of benzene rings is 8. The molecule has 0 saturated heterocycles. The summed E-state index contributed by atoms with van der Waals surface area (Å²) < 4.78 is 7.78. The predicted molar refractivity (Wildman–Crippen MR) is 223 cm³/mol. The number of aromatic nitrogens is 1. The maximum atomic E-state index is 2.47. The fourth-order valence-corrected chi connectivity index (χ4v) is 10.4. The van der Waals surface area contributed by atoms with Crippen LogP contribution in [0.15, 0.2) is 176 Å². The van der Waals surface area contributed by atoms with Crippen LogP contribution in [0.2, 0.25) is 0 Å². The minimum absolute atomic E-state index is 1.18. The highest BCUT2D eigenvalue weighted by Gasteiger charge is 2.18. The van der Waals surface area contributed by atoms with Crippen LogP contribution in [0.4, 0.5) is 0 Å². The van der Waals surface area contributed by atoms with Gasteiger partial charge in [0.25, 0.3) is 0 Å². The van der Waals surface area contributed by atoms with Gasteiger partial charge in [0.1, 0.15) is 0 Å². The first-order chi connectivity index (χ1) is 25.3. The zero-order valence-electron chi connectivity index (χ0n) is 27.5. The molecule has 0 N–H and O–H groups in total. The molecule has 0 saturated carbocycles. The van der Waals surface area contributed by atoms with Crippen molar-refractivity contribution >= 4 is 84.8 Å². The first-order valence-corrected chi connectivity index (χ1v) is 19.0. The maximum Gasteiger partial charge on any atom is 0.0541 e. The van der Waals surface area contributed by atoms with E-state index in [0.717, 1.165) is 0 Å². The molecule has 8 aromatic carbocycles. The summed E-state index contributed by atoms with van der Waals surface area (Å²) in [5, 5.41) is 7.80. The molecule has 3 aromatic heterocycles. The van der Waals surface area contributed by atoms with Gasteiger partial charge < -0.3 is 4.57 Å². The molecular formula is C48H29NS2. The third-order valence-corrected chi connectivity index (χ3v) is 12.7. The number of hydrogen-bond donors (Lipinski definition) is 0. The van der Waals surface area contributed by atoms with Gasteiger partial charge in [-0.15, -0.1) is 22.7 Å². The average Bonchev–Trinajstić information content (AvgIpc) is 3.87. The Labute approximate surface area is 302 Å². The van der Waals surface area contributed by atoms with E-state index in [1.54, 1.807) is 0 Å². The van der Waals surface area contributed by atoms with Crippen LogP contribution in [0.3, 0.4) is 0 Å². The summed E-state index contributed by atoms with van der Waals surface area (Å²) in [5.74, 6) is 0. The van der Waals surface area contributed by atoms with E-state index in [2.05, 4.69) is 180 Å². The number of fused-ring (bicyclic) bond motifs is 9. The minimum Gasteiger partial charge on any atom is -0.309 e. The lowest BCUT2D eigenvalue weighted by atomic mass is 9.97. The van der Waals surface area contributed by atoms with Crippen molar-refractivity contribution in [3.8, 4) is 39.1 Å². The van der Waals surface area contributed by atoms with Crippen LogP contribution in [0.5, 0.6) is 0 Å². The van der Waals surface area contributed by atoms with Gasteiger partial charge >= 0.3 is 0 Å². The molecule has 11 rings (SSSR count). The predicted octanol–water partition coefficient (Wildman–Crippen LogP) is 14.5. The van der Waals surface area contributed by atoms with E-state index in [1.807, 2.05) is 22.7 Å². The smallest absolute Gasteiger partial charge is 0.0541 e. The number of para-hydroxylation sites is 1. The van der Waals surface area contributed by atoms with Crippen LogP contribution in [-0.4, -0.2) is 4.57 Å². The van der Waals surface area contributed by atoms with Crippen molar-refractivity contribution in [1.82, 2.24) is 4.57 Å². The molecule has 0 spiro atoms. The molecular weight excluding hydrogens is 655 g/mol. The Kier molecular flexibility index (Phi) is 6.36. The summed E-state index contributed by atoms with van der Waals surface area (Å²) in [6.45, 7) is 0. The molecule has 0 atom stereocenters. The van der Waals surface area contributed by atoms with Crippen molar-refractivity contribution in [2.24, 2.45) is 0 Å². The standard InChI is InChI=1S/C48H29NS2/c1-2-11-30(12-3-1)31-13-10-14-34(25-31)40-28-35(29-42-38-17-6-9-20-46(38)51-48(40)42)49-43-18-7-4-15-36(43)41-26-32(22-24-44(41)49)33-21-23-39-37-16-5-8-19-45(37)50-47(39)27-33/h1-29H. The third-order valence-electron chi connectivity index (χ3n) is 10.4. The largest absolute Gasteiger partial charge is 0.309 e. The fraction of sp³-hybridized carbons (Fsp3) is 0. The maximum absolute atomic E-state index is 2.47. The van der Waals surface area contributed by atoms with Gasteiger partial charge in [-0.25, -0.2) is 0 Å². The van der Waals surface area contributed by atoms with Gasteiger partial charge in [0, 0.05) is 62.4 Å². The van der Waals surface area contributed by atoms with Gasteiger partial charge in [-0.2, -0.15) is 0 Å². The molecule has 0 fully saturated rings. The topological polar surface area (TPSA) is 4.93 Å². The van der Waals surface area contributed by atoms with E-state index in [9.17, 15) is 0 Å². The molecule has 0 bridgehead atoms. The zero-order valence-corrected chi connectivity index (χ0v) is 29.1. The van der Waals surface area contributed by atoms with E-state index in [4.69, 9.17) is 0 Å². The zero-order chi connectivity index (χ0) is 33.5. The molecule has 3 heteroatoms. The van der Waals surface area contributed by atoms with Crippen LogP contribution < -0.4 is 0 Å². The lowest BCUT2D eigenvalue weighted by Crippen LogP contribution is -1.95. The van der Waals surface area contributed by atoms with Gasteiger partial charge in [0.05, 0.1) is 11.0 Å². The highest BCUT2D eigenvalue weighted by molar-refractivity contribution is 7.26. The molecule has 238 valence electrons. The van der Waals surface area contributed by atoms with Gasteiger partial charge in [-0.1, -0.05) is 121 Å². The molecule has 0 unspecified atom stereocenters. The molecule has 11 aromatic rings. The monoisotopic (exact) mass is 683 g/mol. The first kappa shape index (κ1) is 28.8. The molecule has 0 amide bonds. The van der Waals surface area contributed by atoms with E-state index >= 15 is 0 Å². The van der Waals surface area contributed by atoms with Crippen molar-refractivity contribution in [2.75, 3.05) is 0 Å². The van der Waals surface area contributed by atoms with Crippen molar-refractivity contribution < 1.29 is 0 Å². The molecule has 0 aliphatic carbocycles. The average molecular weight is 684 g/mol. The Balaban J connectivity index is 1.14. The molecule has 3 heterocycles. The lowest BCUT2D eigenvalue weighted by Gasteiger charge is -2.13. The van der Waals surface area contributed by atoms with Gasteiger partial charge in [-0.3, -0.25) is 0 Å². The van der Waals surface area contributed by atoms with Crippen LogP contribution in [0.25, 0.3) is 101 Å². The first-order valence-electron chi connectivity index (χ1n) is 17.3. The summed E-state index contributed by atoms with van der Waals surface area (Å²) in [7, 11) is 0. The Bertz CT molecular complexity index is 3140. The SMILES string of the molecule is c1ccc(-c2cccc(-c3cc(-n4c5ccccc5c5cc(-c6ccc7c(c6)sc6ccccc67)ccc54)cc4c3sc3ccccc34)c2)cc1. The molecule has 1 nitrogen and oxygen atoms in total. The van der Waals surface area contributed by atoms with Gasteiger partial charge in [-0.05, 0) is 82.4 Å². The second-order valence-electron chi connectivity index (χ2n) is 13.3. The lowest BCUT2D eigenvalue weighted by molar-refractivity contribution is 1.19. The number of hydrogen-bond acceptors (Lipinski definition) is 2. The van der Waals surface area contributed by atoms with Gasteiger partial charge in [0.2, 0.25) is 0 Å². The number of thiophene rings is 2. The molecule has 51 heavy (non-hydrogen) atoms. The molecule has 0 aliphatic heterocycles. The number of nitrogens with zero attached hydrogens (tertiary/aromatic N) is 1. The normalized spacial score (nSPS) is 11.9. The van der Waals surface area contributed by atoms with Crippen LogP contribution in [0, 0.1) is 0 Å². The van der Waals surface area contributed by atoms with Crippen molar-refractivity contribution in [1.29, 1.82) is 0 Å². The Hall–Kier alpha value is -6.00. The van der Waals surface area contributed by atoms with Crippen LogP contribution >= 0.6 is 22.7 Å². The van der Waals surface area contributed by atoms with Crippen molar-refractivity contribution in [3.63, 3.8) is 0 Å². The van der Waals surface area contributed by atoms with Crippen LogP contribution in [-0.2, 0) is 0 Å². The second kappa shape index (κ2) is 11.3. The second-order valence-corrected chi connectivity index (χ2v) is 15.4. The fourth-order valence-electron chi connectivity index (χ4n) is 7.99. The minimum atomic E-state index is 1.18. The summed E-state index contributed by atoms with van der Waals surface area (Å²) in [5.41, 5.74) is 11.0. The van der Waals surface area contributed by atoms with E-state index < -0.39 is 0 Å².